The maximum absolute atomic E-state index is 12.0. The second-order valence-electron chi connectivity index (χ2n) is 6.58. The zero-order chi connectivity index (χ0) is 24.1. The molecule has 0 atom stereocenters. The van der Waals surface area contributed by atoms with E-state index in [2.05, 4.69) is 15.8 Å². The highest BCUT2D eigenvalue weighted by Crippen LogP contribution is 2.28. The summed E-state index contributed by atoms with van der Waals surface area (Å²) in [5.74, 6) is -0.385. The number of carbonyl (C=O) groups excluding carboxylic acids is 3. The van der Waals surface area contributed by atoms with Gasteiger partial charge in [-0.05, 0) is 55.8 Å². The molecule has 0 aromatic heterocycles. The summed E-state index contributed by atoms with van der Waals surface area (Å²) in [6.07, 6.45) is 1.39. The summed E-state index contributed by atoms with van der Waals surface area (Å²) in [6, 6.07) is 11.7. The van der Waals surface area contributed by atoms with Crippen molar-refractivity contribution < 1.29 is 28.6 Å². The van der Waals surface area contributed by atoms with Gasteiger partial charge in [0.2, 0.25) is 11.8 Å². The second-order valence-corrected chi connectivity index (χ2v) is 7.02. The Labute approximate surface area is 197 Å². The predicted molar refractivity (Wildman–Crippen MR) is 125 cm³/mol. The monoisotopic (exact) mass is 475 g/mol. The number of nitrogens with one attached hydrogen (secondary N) is 2. The van der Waals surface area contributed by atoms with Crippen LogP contribution in [0.1, 0.15) is 32.3 Å². The predicted octanol–water partition coefficient (Wildman–Crippen LogP) is 3.55. The van der Waals surface area contributed by atoms with Crippen LogP contribution in [0, 0.1) is 0 Å². The van der Waals surface area contributed by atoms with E-state index >= 15 is 0 Å². The van der Waals surface area contributed by atoms with Crippen LogP contribution in [0.2, 0.25) is 5.02 Å². The first-order chi connectivity index (χ1) is 15.9. The van der Waals surface area contributed by atoms with Gasteiger partial charge in [0.1, 0.15) is 0 Å². The average molecular weight is 476 g/mol. The Bertz CT molecular complexity index is 996. The quantitative estimate of drug-likeness (QED) is 0.275. The molecule has 0 aliphatic carbocycles. The number of benzene rings is 2. The first kappa shape index (κ1) is 25.7. The Morgan fingerprint density at radius 3 is 2.48 bits per heavy atom. The van der Waals surface area contributed by atoms with Crippen LogP contribution in [0.5, 0.6) is 11.5 Å². The van der Waals surface area contributed by atoms with E-state index in [0.29, 0.717) is 34.4 Å². The van der Waals surface area contributed by atoms with Gasteiger partial charge in [-0.2, -0.15) is 5.10 Å². The van der Waals surface area contributed by atoms with Crippen LogP contribution < -0.4 is 20.2 Å². The van der Waals surface area contributed by atoms with E-state index in [1.807, 2.05) is 6.92 Å². The fraction of sp³-hybridized carbons (Fsp3) is 0.304. The molecule has 10 heteroatoms. The minimum atomic E-state index is -0.477. The van der Waals surface area contributed by atoms with Crippen molar-refractivity contribution in [2.24, 2.45) is 5.10 Å². The third-order valence-corrected chi connectivity index (χ3v) is 4.24. The normalized spacial score (nSPS) is 10.5. The van der Waals surface area contributed by atoms with E-state index in [9.17, 15) is 14.4 Å². The Balaban J connectivity index is 1.83. The number of esters is 1. The van der Waals surface area contributed by atoms with Crippen molar-refractivity contribution in [3.05, 3.63) is 53.1 Å². The second kappa shape index (κ2) is 13.7. The average Bonchev–Trinajstić information content (AvgIpc) is 2.77. The molecule has 0 saturated heterocycles. The van der Waals surface area contributed by atoms with Crippen LogP contribution in [0.4, 0.5) is 5.69 Å². The maximum atomic E-state index is 12.0. The fourth-order valence-corrected chi connectivity index (χ4v) is 2.77. The lowest BCUT2D eigenvalue weighted by Gasteiger charge is -2.12. The van der Waals surface area contributed by atoms with Gasteiger partial charge in [-0.25, -0.2) is 10.2 Å². The van der Waals surface area contributed by atoms with Crippen molar-refractivity contribution in [2.45, 2.75) is 26.7 Å². The summed E-state index contributed by atoms with van der Waals surface area (Å²) in [5.41, 5.74) is 3.58. The van der Waals surface area contributed by atoms with Gasteiger partial charge in [0.05, 0.1) is 19.4 Å². The molecule has 0 aliphatic rings. The molecule has 176 valence electrons. The maximum Gasteiger partial charge on any atom is 0.344 e. The van der Waals surface area contributed by atoms with E-state index in [4.69, 9.17) is 25.8 Å². The molecule has 0 heterocycles. The summed E-state index contributed by atoms with van der Waals surface area (Å²) in [6.45, 7) is 3.96. The molecule has 0 saturated carbocycles. The summed E-state index contributed by atoms with van der Waals surface area (Å²) < 4.78 is 15.8. The van der Waals surface area contributed by atoms with Crippen molar-refractivity contribution in [1.82, 2.24) is 5.43 Å². The largest absolute Gasteiger partial charge is 0.490 e. The Kier molecular flexibility index (Phi) is 10.7. The lowest BCUT2D eigenvalue weighted by atomic mass is 10.2. The van der Waals surface area contributed by atoms with Crippen molar-refractivity contribution in [2.75, 3.05) is 25.1 Å². The zero-order valence-corrected chi connectivity index (χ0v) is 19.2. The summed E-state index contributed by atoms with van der Waals surface area (Å²) in [4.78, 5) is 35.4. The molecule has 2 rings (SSSR count). The van der Waals surface area contributed by atoms with Gasteiger partial charge in [0.25, 0.3) is 0 Å². The van der Waals surface area contributed by atoms with Crippen molar-refractivity contribution in [3.63, 3.8) is 0 Å². The summed E-state index contributed by atoms with van der Waals surface area (Å²) in [5, 5.41) is 7.08. The summed E-state index contributed by atoms with van der Waals surface area (Å²) in [7, 11) is 0. The number of ether oxygens (including phenoxy) is 3. The highest BCUT2D eigenvalue weighted by Gasteiger charge is 2.10. The Morgan fingerprint density at radius 2 is 1.76 bits per heavy atom. The van der Waals surface area contributed by atoms with Crippen molar-refractivity contribution >= 4 is 41.3 Å². The number of anilines is 1. The molecular formula is C23H26ClN3O6. The van der Waals surface area contributed by atoms with Gasteiger partial charge >= 0.3 is 5.97 Å². The zero-order valence-electron chi connectivity index (χ0n) is 18.4. The van der Waals surface area contributed by atoms with Gasteiger partial charge in [-0.1, -0.05) is 17.7 Å². The number of carbonyl (C=O) groups is 3. The molecule has 2 aromatic rings. The van der Waals surface area contributed by atoms with Gasteiger partial charge in [0, 0.05) is 23.6 Å². The van der Waals surface area contributed by atoms with Crippen molar-refractivity contribution in [3.8, 4) is 11.5 Å². The number of nitrogens with zero attached hydrogens (tertiary/aromatic N) is 1. The van der Waals surface area contributed by atoms with Crippen LogP contribution in [0.25, 0.3) is 0 Å². The fourth-order valence-electron chi connectivity index (χ4n) is 2.58. The first-order valence-corrected chi connectivity index (χ1v) is 10.7. The van der Waals surface area contributed by atoms with Gasteiger partial charge in [0.15, 0.2) is 18.1 Å². The highest BCUT2D eigenvalue weighted by atomic mass is 35.5. The van der Waals surface area contributed by atoms with Gasteiger partial charge in [-0.3, -0.25) is 9.59 Å². The topological polar surface area (TPSA) is 115 Å². The van der Waals surface area contributed by atoms with E-state index in [0.717, 1.165) is 0 Å². The number of amides is 2. The highest BCUT2D eigenvalue weighted by molar-refractivity contribution is 6.30. The Morgan fingerprint density at radius 1 is 0.970 bits per heavy atom. The molecular weight excluding hydrogens is 450 g/mol. The first-order valence-electron chi connectivity index (χ1n) is 10.3. The molecule has 0 radical (unpaired) electrons. The molecule has 0 fully saturated rings. The Hall–Kier alpha value is -3.59. The van der Waals surface area contributed by atoms with Gasteiger partial charge in [-0.15, -0.1) is 0 Å². The van der Waals surface area contributed by atoms with E-state index < -0.39 is 11.9 Å². The van der Waals surface area contributed by atoms with Crippen LogP contribution in [0.3, 0.4) is 0 Å². The number of hydrazone groups is 1. The third kappa shape index (κ3) is 9.61. The third-order valence-electron chi connectivity index (χ3n) is 4.01. The number of hydrogen-bond donors (Lipinski definition) is 2. The van der Waals surface area contributed by atoms with Crippen LogP contribution in [-0.2, 0) is 19.1 Å². The van der Waals surface area contributed by atoms with Crippen LogP contribution in [0.15, 0.2) is 47.6 Å². The number of hydrogen-bond acceptors (Lipinski definition) is 7. The molecule has 2 aromatic carbocycles. The molecule has 2 N–H and O–H groups in total. The molecule has 0 aliphatic heterocycles. The SMILES string of the molecule is CCOC(=O)COc1ccc(C=NNC(=O)CCC(=O)Nc2cccc(Cl)c2)cc1OCC. The molecule has 0 bridgehead atoms. The van der Waals surface area contributed by atoms with Crippen molar-refractivity contribution in [1.29, 1.82) is 0 Å². The van der Waals surface area contributed by atoms with E-state index in [1.165, 1.54) is 6.21 Å². The standard InChI is InChI=1S/C23H26ClN3O6/c1-3-31-20-12-16(8-9-19(20)33-15-23(30)32-4-2)14-25-27-22(29)11-10-21(28)26-18-7-5-6-17(24)13-18/h5-9,12-14H,3-4,10-11,15H2,1-2H3,(H,26,28)(H,27,29). The lowest BCUT2D eigenvalue weighted by molar-refractivity contribution is -0.145. The minimum absolute atomic E-state index is 0.00510. The molecule has 0 spiro atoms. The number of halogens is 1. The smallest absolute Gasteiger partial charge is 0.344 e. The lowest BCUT2D eigenvalue weighted by Crippen LogP contribution is -2.20. The van der Waals surface area contributed by atoms with Crippen LogP contribution >= 0.6 is 11.6 Å². The van der Waals surface area contributed by atoms with Gasteiger partial charge < -0.3 is 19.5 Å². The molecule has 33 heavy (non-hydrogen) atoms. The minimum Gasteiger partial charge on any atom is -0.490 e. The molecule has 2 amide bonds. The molecule has 0 unspecified atom stereocenters. The van der Waals surface area contributed by atoms with Crippen LogP contribution in [-0.4, -0.2) is 43.8 Å². The number of rotatable bonds is 12. The summed E-state index contributed by atoms with van der Waals surface area (Å²) >= 11 is 5.87. The van der Waals surface area contributed by atoms with E-state index in [-0.39, 0.29) is 32.0 Å². The van der Waals surface area contributed by atoms with E-state index in [1.54, 1.807) is 49.4 Å². The molecule has 9 nitrogen and oxygen atoms in total.